The van der Waals surface area contributed by atoms with Crippen molar-refractivity contribution >= 4 is 0 Å². The largest absolute Gasteiger partial charge is 0.495 e. The Morgan fingerprint density at radius 1 is 1.23 bits per heavy atom. The first-order chi connectivity index (χ1) is 10.8. The zero-order valence-corrected chi connectivity index (χ0v) is 13.0. The van der Waals surface area contributed by atoms with E-state index in [0.29, 0.717) is 23.8 Å². The Bertz CT molecular complexity index is 648. The molecule has 0 aliphatic carbocycles. The smallest absolute Gasteiger partial charge is 0.236 e. The normalized spacial score (nSPS) is 10.0. The highest BCUT2D eigenvalue weighted by Gasteiger charge is 2.14. The third kappa shape index (κ3) is 3.98. The number of rotatable bonds is 7. The molecule has 0 saturated heterocycles. The second kappa shape index (κ2) is 8.04. The predicted molar refractivity (Wildman–Crippen MR) is 84.9 cm³/mol. The molecule has 4 heteroatoms. The number of aromatic nitrogens is 1. The maximum absolute atomic E-state index is 9.34. The number of hydrogen-bond acceptors (Lipinski definition) is 4. The van der Waals surface area contributed by atoms with Crippen LogP contribution in [0.25, 0.3) is 0 Å². The van der Waals surface area contributed by atoms with E-state index in [1.165, 1.54) is 0 Å². The van der Waals surface area contributed by atoms with Crippen molar-refractivity contribution in [1.29, 1.82) is 5.26 Å². The fraction of sp³-hybridized carbons (Fsp3) is 0.333. The maximum Gasteiger partial charge on any atom is 0.236 e. The molecule has 1 aromatic heterocycles. The number of nitrogens with zero attached hydrogens (tertiary/aromatic N) is 2. The molecule has 0 amide bonds. The minimum atomic E-state index is 0.344. The van der Waals surface area contributed by atoms with Crippen LogP contribution in [0.1, 0.15) is 36.6 Å². The Balaban J connectivity index is 2.25. The molecule has 114 valence electrons. The molecule has 22 heavy (non-hydrogen) atoms. The van der Waals surface area contributed by atoms with Gasteiger partial charge in [-0.2, -0.15) is 5.26 Å². The number of ether oxygens (including phenoxy) is 2. The molecule has 1 aromatic carbocycles. The first kappa shape index (κ1) is 15.8. The van der Waals surface area contributed by atoms with Crippen molar-refractivity contribution in [3.63, 3.8) is 0 Å². The molecule has 0 radical (unpaired) electrons. The van der Waals surface area contributed by atoms with E-state index in [0.717, 1.165) is 30.5 Å². The van der Waals surface area contributed by atoms with Crippen LogP contribution in [0.3, 0.4) is 0 Å². The van der Waals surface area contributed by atoms with Crippen LogP contribution in [-0.4, -0.2) is 12.1 Å². The van der Waals surface area contributed by atoms with E-state index in [1.54, 1.807) is 7.11 Å². The van der Waals surface area contributed by atoms with E-state index in [2.05, 4.69) is 18.0 Å². The summed E-state index contributed by atoms with van der Waals surface area (Å²) in [5.74, 6) is 0.864. The Morgan fingerprint density at radius 2 is 2.00 bits per heavy atom. The van der Waals surface area contributed by atoms with Crippen LogP contribution in [0.15, 0.2) is 36.4 Å². The summed E-state index contributed by atoms with van der Waals surface area (Å²) in [7, 11) is 1.56. The minimum absolute atomic E-state index is 0.344. The lowest BCUT2D eigenvalue weighted by Crippen LogP contribution is -2.04. The zero-order valence-electron chi connectivity index (χ0n) is 13.0. The van der Waals surface area contributed by atoms with Gasteiger partial charge >= 0.3 is 0 Å². The molecular weight excluding hydrogens is 276 g/mol. The Morgan fingerprint density at radius 3 is 2.64 bits per heavy atom. The molecule has 0 spiro atoms. The number of benzene rings is 1. The van der Waals surface area contributed by atoms with Gasteiger partial charge < -0.3 is 9.47 Å². The van der Waals surface area contributed by atoms with Gasteiger partial charge in [0.15, 0.2) is 5.56 Å². The van der Waals surface area contributed by atoms with Crippen LogP contribution in [0, 0.1) is 11.3 Å². The number of pyridine rings is 1. The lowest BCUT2D eigenvalue weighted by Gasteiger charge is -2.12. The summed E-state index contributed by atoms with van der Waals surface area (Å²) in [5, 5.41) is 9.34. The standard InChI is InChI=1S/C18H20N2O2/c1-3-4-10-15-11-17(21-2)16(12-19)18(20-15)22-13-14-8-6-5-7-9-14/h5-9,11H,3-4,10,13H2,1-2H3. The van der Waals surface area contributed by atoms with E-state index in [1.807, 2.05) is 36.4 Å². The molecule has 2 aromatic rings. The van der Waals surface area contributed by atoms with Crippen molar-refractivity contribution in [3.8, 4) is 17.7 Å². The van der Waals surface area contributed by atoms with E-state index < -0.39 is 0 Å². The SMILES string of the molecule is CCCCc1cc(OC)c(C#N)c(OCc2ccccc2)n1. The van der Waals surface area contributed by atoms with Gasteiger partial charge in [0, 0.05) is 11.8 Å². The molecular formula is C18H20N2O2. The molecule has 1 heterocycles. The highest BCUT2D eigenvalue weighted by Crippen LogP contribution is 2.28. The van der Waals surface area contributed by atoms with Crippen molar-refractivity contribution in [3.05, 3.63) is 53.2 Å². The molecule has 0 bridgehead atoms. The van der Waals surface area contributed by atoms with Gasteiger partial charge in [0.2, 0.25) is 5.88 Å². The first-order valence-corrected chi connectivity index (χ1v) is 7.43. The Labute approximate surface area is 131 Å². The van der Waals surface area contributed by atoms with Gasteiger partial charge in [-0.1, -0.05) is 43.7 Å². The zero-order chi connectivity index (χ0) is 15.8. The van der Waals surface area contributed by atoms with Crippen molar-refractivity contribution in [1.82, 2.24) is 4.98 Å². The van der Waals surface area contributed by atoms with Gasteiger partial charge in [-0.3, -0.25) is 0 Å². The molecule has 0 N–H and O–H groups in total. The summed E-state index contributed by atoms with van der Waals surface area (Å²) in [6.45, 7) is 2.51. The summed E-state index contributed by atoms with van der Waals surface area (Å²) < 4.78 is 11.1. The quantitative estimate of drug-likeness (QED) is 0.778. The number of unbranched alkanes of at least 4 members (excludes halogenated alkanes) is 1. The fourth-order valence-corrected chi connectivity index (χ4v) is 2.13. The summed E-state index contributed by atoms with van der Waals surface area (Å²) in [6, 6.07) is 13.8. The second-order valence-electron chi connectivity index (χ2n) is 4.99. The van der Waals surface area contributed by atoms with Crippen molar-refractivity contribution in [2.45, 2.75) is 32.8 Å². The molecule has 2 rings (SSSR count). The van der Waals surface area contributed by atoms with Crippen LogP contribution in [-0.2, 0) is 13.0 Å². The average Bonchev–Trinajstić information content (AvgIpc) is 2.58. The number of nitriles is 1. The highest BCUT2D eigenvalue weighted by molar-refractivity contribution is 5.50. The molecule has 4 nitrogen and oxygen atoms in total. The van der Waals surface area contributed by atoms with E-state index in [9.17, 15) is 5.26 Å². The van der Waals surface area contributed by atoms with Crippen molar-refractivity contribution in [2.75, 3.05) is 7.11 Å². The summed E-state index contributed by atoms with van der Waals surface area (Å²) in [5.41, 5.74) is 2.27. The lowest BCUT2D eigenvalue weighted by molar-refractivity contribution is 0.289. The first-order valence-electron chi connectivity index (χ1n) is 7.43. The molecule has 0 aliphatic heterocycles. The summed E-state index contributed by atoms with van der Waals surface area (Å²) in [6.07, 6.45) is 2.98. The Kier molecular flexibility index (Phi) is 5.79. The van der Waals surface area contributed by atoms with Crippen LogP contribution in [0.2, 0.25) is 0 Å². The predicted octanol–water partition coefficient (Wildman–Crippen LogP) is 3.88. The molecule has 0 unspecified atom stereocenters. The van der Waals surface area contributed by atoms with E-state index in [-0.39, 0.29) is 0 Å². The average molecular weight is 296 g/mol. The van der Waals surface area contributed by atoms with Crippen LogP contribution in [0.5, 0.6) is 11.6 Å². The van der Waals surface area contributed by atoms with Crippen LogP contribution < -0.4 is 9.47 Å². The molecule has 0 saturated carbocycles. The highest BCUT2D eigenvalue weighted by atomic mass is 16.5. The number of aryl methyl sites for hydroxylation is 1. The number of methoxy groups -OCH3 is 1. The van der Waals surface area contributed by atoms with Gasteiger partial charge in [0.25, 0.3) is 0 Å². The third-order valence-electron chi connectivity index (χ3n) is 3.34. The summed E-state index contributed by atoms with van der Waals surface area (Å²) >= 11 is 0. The Hall–Kier alpha value is -2.54. The fourth-order valence-electron chi connectivity index (χ4n) is 2.13. The van der Waals surface area contributed by atoms with Gasteiger partial charge in [0.05, 0.1) is 7.11 Å². The number of hydrogen-bond donors (Lipinski definition) is 0. The monoisotopic (exact) mass is 296 g/mol. The van der Waals surface area contributed by atoms with Gasteiger partial charge in [-0.05, 0) is 18.4 Å². The van der Waals surface area contributed by atoms with Crippen molar-refractivity contribution < 1.29 is 9.47 Å². The topological polar surface area (TPSA) is 55.1 Å². The van der Waals surface area contributed by atoms with Gasteiger partial charge in [-0.25, -0.2) is 4.98 Å². The lowest BCUT2D eigenvalue weighted by atomic mass is 10.1. The summed E-state index contributed by atoms with van der Waals surface area (Å²) in [4.78, 5) is 4.48. The third-order valence-corrected chi connectivity index (χ3v) is 3.34. The maximum atomic E-state index is 9.34. The van der Waals surface area contributed by atoms with E-state index >= 15 is 0 Å². The van der Waals surface area contributed by atoms with Crippen LogP contribution in [0.4, 0.5) is 0 Å². The van der Waals surface area contributed by atoms with Crippen LogP contribution >= 0.6 is 0 Å². The minimum Gasteiger partial charge on any atom is -0.495 e. The van der Waals surface area contributed by atoms with Gasteiger partial charge in [-0.15, -0.1) is 0 Å². The molecule has 0 aliphatic rings. The second-order valence-corrected chi connectivity index (χ2v) is 4.99. The van der Waals surface area contributed by atoms with Crippen molar-refractivity contribution in [2.24, 2.45) is 0 Å². The van der Waals surface area contributed by atoms with E-state index in [4.69, 9.17) is 9.47 Å². The van der Waals surface area contributed by atoms with Gasteiger partial charge in [0.1, 0.15) is 18.4 Å². The molecule has 0 atom stereocenters. The molecule has 0 fully saturated rings.